The maximum Gasteiger partial charge on any atom is 0.258 e. The topological polar surface area (TPSA) is 88.9 Å². The highest BCUT2D eigenvalue weighted by molar-refractivity contribution is 5.79. The van der Waals surface area contributed by atoms with Gasteiger partial charge in [-0.15, -0.1) is 0 Å². The van der Waals surface area contributed by atoms with Crippen LogP contribution in [0.3, 0.4) is 0 Å². The number of rotatable bonds is 4. The molecule has 136 valence electrons. The molecule has 1 fully saturated rings. The standard InChI is InChI=1S/C19H21N3O4/c1-25-14-8-7-12(9-15(14)26-2)13-10-20-22-17(13)21-18(23)16(19(22)24)11-5-3-4-6-11/h7-11,24H,3-6H2,1-2H3,(H,21,23). The van der Waals surface area contributed by atoms with Gasteiger partial charge >= 0.3 is 0 Å². The van der Waals surface area contributed by atoms with Gasteiger partial charge in [-0.2, -0.15) is 9.61 Å². The van der Waals surface area contributed by atoms with E-state index >= 15 is 0 Å². The average molecular weight is 355 g/mol. The van der Waals surface area contributed by atoms with Crippen LogP contribution in [0.25, 0.3) is 16.8 Å². The summed E-state index contributed by atoms with van der Waals surface area (Å²) in [7, 11) is 3.15. The van der Waals surface area contributed by atoms with Gasteiger partial charge in [-0.1, -0.05) is 18.9 Å². The summed E-state index contributed by atoms with van der Waals surface area (Å²) in [5.74, 6) is 1.23. The summed E-state index contributed by atoms with van der Waals surface area (Å²) in [5, 5.41) is 15.0. The van der Waals surface area contributed by atoms with Crippen LogP contribution in [0, 0.1) is 0 Å². The van der Waals surface area contributed by atoms with Crippen molar-refractivity contribution in [3.05, 3.63) is 40.3 Å². The van der Waals surface area contributed by atoms with Crippen LogP contribution in [0.5, 0.6) is 17.4 Å². The summed E-state index contributed by atoms with van der Waals surface area (Å²) in [4.78, 5) is 15.5. The summed E-state index contributed by atoms with van der Waals surface area (Å²) >= 11 is 0. The van der Waals surface area contributed by atoms with Gasteiger partial charge in [0, 0.05) is 5.56 Å². The predicted octanol–water partition coefficient (Wildman–Crippen LogP) is 3.07. The number of fused-ring (bicyclic) bond motifs is 1. The Morgan fingerprint density at radius 3 is 2.62 bits per heavy atom. The molecule has 7 nitrogen and oxygen atoms in total. The first-order valence-electron chi connectivity index (χ1n) is 8.69. The lowest BCUT2D eigenvalue weighted by atomic mass is 10.00. The predicted molar refractivity (Wildman–Crippen MR) is 97.2 cm³/mol. The number of ether oxygens (including phenoxy) is 2. The lowest BCUT2D eigenvalue weighted by Gasteiger charge is -2.12. The van der Waals surface area contributed by atoms with Gasteiger partial charge in [0.15, 0.2) is 11.5 Å². The maximum absolute atomic E-state index is 12.6. The Labute approximate surface area is 150 Å². The molecule has 2 heterocycles. The second-order valence-electron chi connectivity index (χ2n) is 6.56. The summed E-state index contributed by atoms with van der Waals surface area (Å²) in [6, 6.07) is 5.47. The van der Waals surface area contributed by atoms with E-state index in [1.807, 2.05) is 12.1 Å². The van der Waals surface area contributed by atoms with Crippen LogP contribution in [0.2, 0.25) is 0 Å². The molecule has 0 aliphatic heterocycles. The van der Waals surface area contributed by atoms with Crippen LogP contribution in [-0.4, -0.2) is 33.9 Å². The minimum Gasteiger partial charge on any atom is -0.493 e. The molecule has 4 rings (SSSR count). The highest BCUT2D eigenvalue weighted by Crippen LogP contribution is 2.38. The van der Waals surface area contributed by atoms with Crippen LogP contribution in [0.15, 0.2) is 29.2 Å². The van der Waals surface area contributed by atoms with E-state index in [0.29, 0.717) is 28.3 Å². The third-order valence-electron chi connectivity index (χ3n) is 5.15. The van der Waals surface area contributed by atoms with Crippen LogP contribution in [0.4, 0.5) is 0 Å². The van der Waals surface area contributed by atoms with E-state index in [0.717, 1.165) is 31.2 Å². The number of aromatic amines is 1. The van der Waals surface area contributed by atoms with Crippen molar-refractivity contribution in [2.45, 2.75) is 31.6 Å². The van der Waals surface area contributed by atoms with Gasteiger partial charge in [0.05, 0.1) is 26.0 Å². The van der Waals surface area contributed by atoms with Gasteiger partial charge in [-0.3, -0.25) is 4.79 Å². The van der Waals surface area contributed by atoms with E-state index in [2.05, 4.69) is 10.1 Å². The van der Waals surface area contributed by atoms with E-state index in [4.69, 9.17) is 9.47 Å². The zero-order valence-corrected chi connectivity index (χ0v) is 14.8. The molecule has 0 atom stereocenters. The Morgan fingerprint density at radius 2 is 1.92 bits per heavy atom. The molecule has 1 aliphatic rings. The normalized spacial score (nSPS) is 14.8. The van der Waals surface area contributed by atoms with E-state index in [-0.39, 0.29) is 17.4 Å². The Bertz CT molecular complexity index is 1020. The van der Waals surface area contributed by atoms with Crippen LogP contribution in [-0.2, 0) is 0 Å². The average Bonchev–Trinajstić information content (AvgIpc) is 3.31. The van der Waals surface area contributed by atoms with Crippen molar-refractivity contribution in [2.75, 3.05) is 14.2 Å². The molecule has 0 bridgehead atoms. The van der Waals surface area contributed by atoms with Crippen molar-refractivity contribution in [1.82, 2.24) is 14.6 Å². The zero-order valence-electron chi connectivity index (χ0n) is 14.8. The molecule has 3 aromatic rings. The SMILES string of the molecule is COc1ccc(-c2cnn3c(O)c(C4CCCC4)c(=O)[nH]c23)cc1OC. The Hall–Kier alpha value is -2.96. The molecule has 1 saturated carbocycles. The van der Waals surface area contributed by atoms with Gasteiger partial charge in [0.25, 0.3) is 5.56 Å². The molecule has 0 amide bonds. The number of nitrogens with one attached hydrogen (secondary N) is 1. The van der Waals surface area contributed by atoms with Crippen molar-refractivity contribution in [3.8, 4) is 28.5 Å². The van der Waals surface area contributed by atoms with E-state index < -0.39 is 0 Å². The molecule has 0 spiro atoms. The van der Waals surface area contributed by atoms with Crippen molar-refractivity contribution < 1.29 is 14.6 Å². The first-order chi connectivity index (χ1) is 12.6. The maximum atomic E-state index is 12.6. The van der Waals surface area contributed by atoms with Gasteiger partial charge in [0.2, 0.25) is 5.88 Å². The number of hydrogen-bond donors (Lipinski definition) is 2. The second kappa shape index (κ2) is 6.40. The van der Waals surface area contributed by atoms with Crippen molar-refractivity contribution in [2.24, 2.45) is 0 Å². The fourth-order valence-electron chi connectivity index (χ4n) is 3.82. The lowest BCUT2D eigenvalue weighted by Crippen LogP contribution is -2.18. The molecular weight excluding hydrogens is 334 g/mol. The van der Waals surface area contributed by atoms with Gasteiger partial charge in [-0.25, -0.2) is 0 Å². The number of aromatic nitrogens is 3. The number of methoxy groups -OCH3 is 2. The molecule has 1 aromatic carbocycles. The monoisotopic (exact) mass is 355 g/mol. The third-order valence-corrected chi connectivity index (χ3v) is 5.15. The number of H-pyrrole nitrogens is 1. The largest absolute Gasteiger partial charge is 0.493 e. The molecular formula is C19H21N3O4. The van der Waals surface area contributed by atoms with Gasteiger partial charge < -0.3 is 19.6 Å². The highest BCUT2D eigenvalue weighted by atomic mass is 16.5. The first kappa shape index (κ1) is 16.5. The van der Waals surface area contributed by atoms with E-state index in [9.17, 15) is 9.90 Å². The van der Waals surface area contributed by atoms with E-state index in [1.165, 1.54) is 4.52 Å². The molecule has 0 saturated heterocycles. The Balaban J connectivity index is 1.87. The third kappa shape index (κ3) is 2.51. The minimum atomic E-state index is -0.246. The molecule has 2 N–H and O–H groups in total. The Morgan fingerprint density at radius 1 is 1.19 bits per heavy atom. The first-order valence-corrected chi connectivity index (χ1v) is 8.69. The summed E-state index contributed by atoms with van der Waals surface area (Å²) < 4.78 is 12.0. The molecule has 26 heavy (non-hydrogen) atoms. The second-order valence-corrected chi connectivity index (χ2v) is 6.56. The molecule has 0 radical (unpaired) electrons. The summed E-state index contributed by atoms with van der Waals surface area (Å²) in [6.07, 6.45) is 5.64. The van der Waals surface area contributed by atoms with Crippen LogP contribution >= 0.6 is 0 Å². The van der Waals surface area contributed by atoms with Gasteiger partial charge in [0.1, 0.15) is 5.65 Å². The summed E-state index contributed by atoms with van der Waals surface area (Å²) in [5.41, 5.74) is 2.17. The summed E-state index contributed by atoms with van der Waals surface area (Å²) in [6.45, 7) is 0. The number of hydrogen-bond acceptors (Lipinski definition) is 5. The molecule has 2 aromatic heterocycles. The molecule has 1 aliphatic carbocycles. The lowest BCUT2D eigenvalue weighted by molar-refractivity contribution is 0.355. The molecule has 7 heteroatoms. The van der Waals surface area contributed by atoms with Crippen molar-refractivity contribution in [3.63, 3.8) is 0 Å². The van der Waals surface area contributed by atoms with E-state index in [1.54, 1.807) is 26.5 Å². The number of aromatic hydroxyl groups is 1. The Kier molecular flexibility index (Phi) is 4.06. The van der Waals surface area contributed by atoms with Crippen LogP contribution < -0.4 is 15.0 Å². The minimum absolute atomic E-state index is 0.0672. The fraction of sp³-hybridized carbons (Fsp3) is 0.368. The zero-order chi connectivity index (χ0) is 18.3. The number of benzene rings is 1. The fourth-order valence-corrected chi connectivity index (χ4v) is 3.82. The number of nitrogens with zero attached hydrogens (tertiary/aromatic N) is 2. The van der Waals surface area contributed by atoms with Crippen LogP contribution in [0.1, 0.15) is 37.2 Å². The molecule has 0 unspecified atom stereocenters. The smallest absolute Gasteiger partial charge is 0.258 e. The van der Waals surface area contributed by atoms with Crippen molar-refractivity contribution in [1.29, 1.82) is 0 Å². The van der Waals surface area contributed by atoms with Gasteiger partial charge in [-0.05, 0) is 36.5 Å². The highest BCUT2D eigenvalue weighted by Gasteiger charge is 2.26. The van der Waals surface area contributed by atoms with Crippen molar-refractivity contribution >= 4 is 5.65 Å². The quantitative estimate of drug-likeness (QED) is 0.751.